The number of nitrogens with zero attached hydrogens (tertiary/aromatic N) is 1. The Morgan fingerprint density at radius 1 is 1.19 bits per heavy atom. The lowest BCUT2D eigenvalue weighted by Gasteiger charge is -2.22. The minimum absolute atomic E-state index is 0.133. The predicted molar refractivity (Wildman–Crippen MR) is 73.2 cm³/mol. The van der Waals surface area contributed by atoms with Gasteiger partial charge in [0.2, 0.25) is 0 Å². The molecule has 1 saturated heterocycles. The molecule has 2 nitrogen and oxygen atoms in total. The second kappa shape index (κ2) is 5.60. The van der Waals surface area contributed by atoms with E-state index < -0.39 is 0 Å². The van der Waals surface area contributed by atoms with Crippen LogP contribution in [0.25, 0.3) is 0 Å². The van der Waals surface area contributed by atoms with Crippen LogP contribution in [0, 0.1) is 0 Å². The van der Waals surface area contributed by atoms with Crippen LogP contribution < -0.4 is 10.6 Å². The maximum atomic E-state index is 5.85. The van der Waals surface area contributed by atoms with Gasteiger partial charge in [0.1, 0.15) is 0 Å². The van der Waals surface area contributed by atoms with Crippen LogP contribution in [0.3, 0.4) is 0 Å². The first-order chi connectivity index (χ1) is 7.77. The lowest BCUT2D eigenvalue weighted by Crippen LogP contribution is -2.25. The summed E-state index contributed by atoms with van der Waals surface area (Å²) in [5.74, 6) is 2.55. The van der Waals surface area contributed by atoms with Gasteiger partial charge in [0.15, 0.2) is 0 Å². The highest BCUT2D eigenvalue weighted by molar-refractivity contribution is 7.99. The molecular weight excluding hydrogens is 216 g/mol. The van der Waals surface area contributed by atoms with E-state index in [0.717, 1.165) is 0 Å². The highest BCUT2D eigenvalue weighted by Crippen LogP contribution is 2.21. The third-order valence-corrected chi connectivity index (χ3v) is 4.05. The van der Waals surface area contributed by atoms with E-state index in [2.05, 4.69) is 40.9 Å². The van der Waals surface area contributed by atoms with E-state index in [1.807, 2.05) is 6.92 Å². The van der Waals surface area contributed by atoms with E-state index >= 15 is 0 Å². The highest BCUT2D eigenvalue weighted by atomic mass is 32.2. The van der Waals surface area contributed by atoms with Crippen molar-refractivity contribution in [3.05, 3.63) is 29.8 Å². The molecule has 0 saturated carbocycles. The van der Waals surface area contributed by atoms with E-state index in [1.165, 1.54) is 42.3 Å². The van der Waals surface area contributed by atoms with E-state index in [-0.39, 0.29) is 6.04 Å². The van der Waals surface area contributed by atoms with Gasteiger partial charge in [-0.25, -0.2) is 0 Å². The molecule has 0 bridgehead atoms. The van der Waals surface area contributed by atoms with Crippen molar-refractivity contribution in [2.75, 3.05) is 29.5 Å². The highest BCUT2D eigenvalue weighted by Gasteiger charge is 2.10. The fourth-order valence-corrected chi connectivity index (χ4v) is 2.88. The van der Waals surface area contributed by atoms with Gasteiger partial charge in [-0.3, -0.25) is 0 Å². The van der Waals surface area contributed by atoms with E-state index in [4.69, 9.17) is 5.73 Å². The topological polar surface area (TPSA) is 29.3 Å². The van der Waals surface area contributed by atoms with Crippen LogP contribution in [0.15, 0.2) is 24.3 Å². The standard InChI is InChI=1S/C13H20N2S/c1-11(14)12-3-5-13(6-4-12)15-7-2-9-16-10-8-15/h3-6,11H,2,7-10,14H2,1H3/t11-/m1/s1. The Kier molecular flexibility index (Phi) is 4.13. The molecule has 1 atom stereocenters. The zero-order valence-electron chi connectivity index (χ0n) is 9.86. The molecule has 0 radical (unpaired) electrons. The summed E-state index contributed by atoms with van der Waals surface area (Å²) < 4.78 is 0. The Morgan fingerprint density at radius 3 is 2.62 bits per heavy atom. The average Bonchev–Trinajstić information content (AvgIpc) is 2.57. The predicted octanol–water partition coefficient (Wildman–Crippen LogP) is 2.65. The van der Waals surface area contributed by atoms with Gasteiger partial charge in [-0.15, -0.1) is 0 Å². The van der Waals surface area contributed by atoms with Gasteiger partial charge >= 0.3 is 0 Å². The van der Waals surface area contributed by atoms with Crippen molar-refractivity contribution in [3.8, 4) is 0 Å². The van der Waals surface area contributed by atoms with Gasteiger partial charge in [-0.1, -0.05) is 12.1 Å². The van der Waals surface area contributed by atoms with Crippen molar-refractivity contribution in [2.45, 2.75) is 19.4 Å². The molecule has 2 N–H and O–H groups in total. The SMILES string of the molecule is C[C@@H](N)c1ccc(N2CCCSCC2)cc1. The summed E-state index contributed by atoms with van der Waals surface area (Å²) in [6, 6.07) is 8.84. The van der Waals surface area contributed by atoms with Gasteiger partial charge in [0, 0.05) is 30.6 Å². The Bertz CT molecular complexity index is 313. The summed E-state index contributed by atoms with van der Waals surface area (Å²) in [4.78, 5) is 2.48. The van der Waals surface area contributed by atoms with Gasteiger partial charge in [0.05, 0.1) is 0 Å². The Labute approximate surface area is 102 Å². The summed E-state index contributed by atoms with van der Waals surface area (Å²) in [5.41, 5.74) is 8.41. The van der Waals surface area contributed by atoms with Crippen molar-refractivity contribution < 1.29 is 0 Å². The fraction of sp³-hybridized carbons (Fsp3) is 0.538. The first kappa shape index (κ1) is 11.8. The second-order valence-electron chi connectivity index (χ2n) is 4.33. The van der Waals surface area contributed by atoms with Crippen LogP contribution in [0.1, 0.15) is 24.9 Å². The number of hydrogen-bond donors (Lipinski definition) is 1. The Hall–Kier alpha value is -0.670. The quantitative estimate of drug-likeness (QED) is 0.856. The summed E-state index contributed by atoms with van der Waals surface area (Å²) in [5, 5.41) is 0. The maximum Gasteiger partial charge on any atom is 0.0366 e. The Balaban J connectivity index is 2.07. The number of hydrogen-bond acceptors (Lipinski definition) is 3. The Morgan fingerprint density at radius 2 is 1.94 bits per heavy atom. The summed E-state index contributed by atoms with van der Waals surface area (Å²) in [6.07, 6.45) is 1.29. The molecule has 1 heterocycles. The summed E-state index contributed by atoms with van der Waals surface area (Å²) >= 11 is 2.06. The number of anilines is 1. The minimum atomic E-state index is 0.133. The first-order valence-corrected chi connectivity index (χ1v) is 7.11. The smallest absolute Gasteiger partial charge is 0.0366 e. The van der Waals surface area contributed by atoms with Crippen LogP contribution in [0.5, 0.6) is 0 Å². The first-order valence-electron chi connectivity index (χ1n) is 5.95. The summed E-state index contributed by atoms with van der Waals surface area (Å²) in [6.45, 7) is 4.38. The molecule has 1 aromatic rings. The second-order valence-corrected chi connectivity index (χ2v) is 5.56. The molecule has 1 aliphatic rings. The normalized spacial score (nSPS) is 19.2. The number of rotatable bonds is 2. The molecule has 1 fully saturated rings. The van der Waals surface area contributed by atoms with E-state index in [9.17, 15) is 0 Å². The molecule has 0 aliphatic carbocycles. The van der Waals surface area contributed by atoms with Crippen LogP contribution in [0.2, 0.25) is 0 Å². The lowest BCUT2D eigenvalue weighted by molar-refractivity contribution is 0.805. The zero-order valence-corrected chi connectivity index (χ0v) is 10.7. The monoisotopic (exact) mass is 236 g/mol. The largest absolute Gasteiger partial charge is 0.371 e. The maximum absolute atomic E-state index is 5.85. The molecule has 1 aromatic carbocycles. The third-order valence-electron chi connectivity index (χ3n) is 3.01. The van der Waals surface area contributed by atoms with Crippen molar-refractivity contribution in [1.29, 1.82) is 0 Å². The van der Waals surface area contributed by atoms with E-state index in [1.54, 1.807) is 0 Å². The summed E-state index contributed by atoms with van der Waals surface area (Å²) in [7, 11) is 0. The number of benzene rings is 1. The van der Waals surface area contributed by atoms with Crippen molar-refractivity contribution in [3.63, 3.8) is 0 Å². The van der Waals surface area contributed by atoms with Gasteiger partial charge in [-0.2, -0.15) is 11.8 Å². The minimum Gasteiger partial charge on any atom is -0.371 e. The molecule has 16 heavy (non-hydrogen) atoms. The molecule has 0 spiro atoms. The third kappa shape index (κ3) is 2.92. The molecule has 0 amide bonds. The van der Waals surface area contributed by atoms with Crippen molar-refractivity contribution in [2.24, 2.45) is 5.73 Å². The van der Waals surface area contributed by atoms with Crippen LogP contribution in [-0.2, 0) is 0 Å². The van der Waals surface area contributed by atoms with Crippen molar-refractivity contribution in [1.82, 2.24) is 0 Å². The van der Waals surface area contributed by atoms with Crippen LogP contribution in [0.4, 0.5) is 5.69 Å². The van der Waals surface area contributed by atoms with Crippen LogP contribution in [-0.4, -0.2) is 24.6 Å². The molecule has 1 aliphatic heterocycles. The molecule has 3 heteroatoms. The molecule has 88 valence electrons. The van der Waals surface area contributed by atoms with Crippen LogP contribution >= 0.6 is 11.8 Å². The number of thioether (sulfide) groups is 1. The molecule has 0 aromatic heterocycles. The van der Waals surface area contributed by atoms with Gasteiger partial charge in [0.25, 0.3) is 0 Å². The van der Waals surface area contributed by atoms with Gasteiger partial charge < -0.3 is 10.6 Å². The van der Waals surface area contributed by atoms with Crippen molar-refractivity contribution >= 4 is 17.4 Å². The fourth-order valence-electron chi connectivity index (χ4n) is 1.99. The molecule has 2 rings (SSSR count). The molecular formula is C13H20N2S. The van der Waals surface area contributed by atoms with E-state index in [0.29, 0.717) is 0 Å². The number of nitrogens with two attached hydrogens (primary N) is 1. The molecule has 0 unspecified atom stereocenters. The zero-order chi connectivity index (χ0) is 11.4. The lowest BCUT2D eigenvalue weighted by atomic mass is 10.1. The van der Waals surface area contributed by atoms with Gasteiger partial charge in [-0.05, 0) is 36.8 Å². The average molecular weight is 236 g/mol.